The minimum Gasteiger partial charge on any atom is -0.508 e. The molecule has 2 rings (SSSR count). The SMILES string of the molecule is COc1cc(/C=C/c2cc(O)cc(NC=O)c2CC=C(C)C)ccc1O. The summed E-state index contributed by atoms with van der Waals surface area (Å²) < 4.78 is 5.12. The lowest BCUT2D eigenvalue weighted by molar-refractivity contribution is -0.105. The van der Waals surface area contributed by atoms with Crippen LogP contribution < -0.4 is 10.1 Å². The first-order chi connectivity index (χ1) is 12.4. The van der Waals surface area contributed by atoms with E-state index in [1.807, 2.05) is 26.0 Å². The number of carbonyl (C=O) groups excluding carboxylic acids is 1. The van der Waals surface area contributed by atoms with Crippen molar-refractivity contribution in [1.29, 1.82) is 0 Å². The molecule has 0 saturated carbocycles. The van der Waals surface area contributed by atoms with E-state index in [0.29, 0.717) is 24.3 Å². The van der Waals surface area contributed by atoms with Crippen LogP contribution in [0.4, 0.5) is 5.69 Å². The molecule has 0 unspecified atom stereocenters. The van der Waals surface area contributed by atoms with Gasteiger partial charge in [0.1, 0.15) is 5.75 Å². The second kappa shape index (κ2) is 8.76. The maximum Gasteiger partial charge on any atom is 0.211 e. The number of amides is 1. The third-order valence-corrected chi connectivity index (χ3v) is 3.86. The molecule has 0 saturated heterocycles. The maximum absolute atomic E-state index is 10.9. The standard InChI is InChI=1S/C21H23NO4/c1-14(2)4-8-18-16(11-17(24)12-19(18)22-13-23)7-5-15-6-9-20(25)21(10-15)26-3/h4-7,9-13,24-25H,8H2,1-3H3,(H,22,23)/b7-5+. The van der Waals surface area contributed by atoms with Crippen molar-refractivity contribution in [2.24, 2.45) is 0 Å². The number of allylic oxidation sites excluding steroid dienone is 2. The number of aromatic hydroxyl groups is 2. The van der Waals surface area contributed by atoms with Crippen molar-refractivity contribution in [1.82, 2.24) is 0 Å². The zero-order valence-corrected chi connectivity index (χ0v) is 15.1. The van der Waals surface area contributed by atoms with Gasteiger partial charge in [0.25, 0.3) is 0 Å². The summed E-state index contributed by atoms with van der Waals surface area (Å²) in [7, 11) is 1.49. The van der Waals surface area contributed by atoms with Crippen LogP contribution in [0.3, 0.4) is 0 Å². The fourth-order valence-electron chi connectivity index (χ4n) is 2.54. The van der Waals surface area contributed by atoms with Gasteiger partial charge in [-0.3, -0.25) is 4.79 Å². The molecule has 2 aromatic rings. The normalized spacial score (nSPS) is 10.6. The first-order valence-corrected chi connectivity index (χ1v) is 8.19. The van der Waals surface area contributed by atoms with E-state index in [4.69, 9.17) is 4.74 Å². The van der Waals surface area contributed by atoms with Crippen LogP contribution in [0.25, 0.3) is 12.2 Å². The minimum atomic E-state index is 0.0678. The van der Waals surface area contributed by atoms with Crippen LogP contribution in [0.15, 0.2) is 42.0 Å². The molecule has 1 amide bonds. The number of nitrogens with one attached hydrogen (secondary N) is 1. The minimum absolute atomic E-state index is 0.0678. The Morgan fingerprint density at radius 1 is 1.15 bits per heavy atom. The Morgan fingerprint density at radius 2 is 1.92 bits per heavy atom. The molecule has 0 radical (unpaired) electrons. The summed E-state index contributed by atoms with van der Waals surface area (Å²) in [5, 5.41) is 22.3. The Morgan fingerprint density at radius 3 is 2.58 bits per heavy atom. The Kier molecular flexibility index (Phi) is 6.44. The average molecular weight is 353 g/mol. The van der Waals surface area contributed by atoms with Crippen LogP contribution in [0.1, 0.15) is 30.5 Å². The fraction of sp³-hybridized carbons (Fsp3) is 0.190. The van der Waals surface area contributed by atoms with E-state index in [-0.39, 0.29) is 11.5 Å². The number of ether oxygens (including phenoxy) is 1. The largest absolute Gasteiger partial charge is 0.508 e. The Hall–Kier alpha value is -3.21. The van der Waals surface area contributed by atoms with Crippen LogP contribution in [0.2, 0.25) is 0 Å². The highest BCUT2D eigenvalue weighted by Crippen LogP contribution is 2.30. The van der Waals surface area contributed by atoms with E-state index in [2.05, 4.69) is 11.4 Å². The lowest BCUT2D eigenvalue weighted by atomic mass is 9.99. The van der Waals surface area contributed by atoms with Crippen molar-refractivity contribution in [2.45, 2.75) is 20.3 Å². The number of benzene rings is 2. The molecule has 0 aliphatic heterocycles. The topological polar surface area (TPSA) is 78.8 Å². The molecule has 2 aromatic carbocycles. The number of phenolic OH excluding ortho intramolecular Hbond substituents is 2. The molecule has 0 atom stereocenters. The molecule has 0 heterocycles. The summed E-state index contributed by atoms with van der Waals surface area (Å²) in [5.74, 6) is 0.526. The monoisotopic (exact) mass is 353 g/mol. The summed E-state index contributed by atoms with van der Waals surface area (Å²) in [6.45, 7) is 4.01. The molecule has 5 heteroatoms. The first-order valence-electron chi connectivity index (χ1n) is 8.19. The van der Waals surface area contributed by atoms with Crippen molar-refractivity contribution < 1.29 is 19.7 Å². The number of hydrogen-bond acceptors (Lipinski definition) is 4. The summed E-state index contributed by atoms with van der Waals surface area (Å²) in [6.07, 6.45) is 6.99. The number of methoxy groups -OCH3 is 1. The second-order valence-electron chi connectivity index (χ2n) is 6.07. The summed E-state index contributed by atoms with van der Waals surface area (Å²) in [5.41, 5.74) is 4.26. The molecule has 3 N–H and O–H groups in total. The van der Waals surface area contributed by atoms with Gasteiger partial charge in [0.2, 0.25) is 6.41 Å². The summed E-state index contributed by atoms with van der Waals surface area (Å²) in [6, 6.07) is 8.22. The molecule has 5 nitrogen and oxygen atoms in total. The zero-order chi connectivity index (χ0) is 19.1. The predicted molar refractivity (Wildman–Crippen MR) is 105 cm³/mol. The highest BCUT2D eigenvalue weighted by molar-refractivity contribution is 5.81. The average Bonchev–Trinajstić information content (AvgIpc) is 2.60. The number of carbonyl (C=O) groups is 1. The number of phenols is 2. The second-order valence-corrected chi connectivity index (χ2v) is 6.07. The van der Waals surface area contributed by atoms with E-state index in [9.17, 15) is 15.0 Å². The lowest BCUT2D eigenvalue weighted by Gasteiger charge is -2.12. The van der Waals surface area contributed by atoms with Gasteiger partial charge in [-0.1, -0.05) is 29.9 Å². The maximum atomic E-state index is 10.9. The van der Waals surface area contributed by atoms with E-state index >= 15 is 0 Å². The molecule has 0 aromatic heterocycles. The highest BCUT2D eigenvalue weighted by atomic mass is 16.5. The Bertz CT molecular complexity index is 849. The van der Waals surface area contributed by atoms with Gasteiger partial charge in [-0.2, -0.15) is 0 Å². The van der Waals surface area contributed by atoms with Gasteiger partial charge >= 0.3 is 0 Å². The molecular formula is C21H23NO4. The number of hydrogen-bond donors (Lipinski definition) is 3. The van der Waals surface area contributed by atoms with Crippen LogP contribution in [0, 0.1) is 0 Å². The van der Waals surface area contributed by atoms with Gasteiger partial charge in [-0.05, 0) is 55.2 Å². The fourth-order valence-corrected chi connectivity index (χ4v) is 2.54. The van der Waals surface area contributed by atoms with Crippen molar-refractivity contribution >= 4 is 24.2 Å². The third-order valence-electron chi connectivity index (χ3n) is 3.86. The van der Waals surface area contributed by atoms with E-state index in [0.717, 1.165) is 22.3 Å². The molecule has 26 heavy (non-hydrogen) atoms. The Balaban J connectivity index is 2.46. The quantitative estimate of drug-likeness (QED) is 0.393. The summed E-state index contributed by atoms with van der Waals surface area (Å²) >= 11 is 0. The number of anilines is 1. The van der Waals surface area contributed by atoms with Gasteiger partial charge in [-0.25, -0.2) is 0 Å². The van der Waals surface area contributed by atoms with Gasteiger partial charge in [0, 0.05) is 11.8 Å². The first kappa shape index (κ1) is 19.1. The van der Waals surface area contributed by atoms with E-state index in [1.165, 1.54) is 13.2 Å². The number of rotatable bonds is 7. The lowest BCUT2D eigenvalue weighted by Crippen LogP contribution is -2.01. The summed E-state index contributed by atoms with van der Waals surface area (Å²) in [4.78, 5) is 10.9. The Labute approximate surface area is 153 Å². The van der Waals surface area contributed by atoms with Crippen LogP contribution in [-0.4, -0.2) is 23.7 Å². The van der Waals surface area contributed by atoms with Gasteiger partial charge < -0.3 is 20.3 Å². The molecule has 0 aliphatic carbocycles. The van der Waals surface area contributed by atoms with Gasteiger partial charge in [0.15, 0.2) is 11.5 Å². The smallest absolute Gasteiger partial charge is 0.211 e. The molecule has 136 valence electrons. The van der Waals surface area contributed by atoms with Crippen molar-refractivity contribution in [3.63, 3.8) is 0 Å². The predicted octanol–water partition coefficient (Wildman–Crippen LogP) is 4.35. The van der Waals surface area contributed by atoms with Crippen molar-refractivity contribution in [3.8, 4) is 17.2 Å². The van der Waals surface area contributed by atoms with Crippen LogP contribution in [0.5, 0.6) is 17.2 Å². The molecule has 0 aliphatic rings. The molecule has 0 bridgehead atoms. The molecular weight excluding hydrogens is 330 g/mol. The highest BCUT2D eigenvalue weighted by Gasteiger charge is 2.09. The van der Waals surface area contributed by atoms with Crippen LogP contribution in [-0.2, 0) is 11.2 Å². The van der Waals surface area contributed by atoms with Crippen molar-refractivity contribution in [3.05, 3.63) is 58.7 Å². The van der Waals surface area contributed by atoms with Gasteiger partial charge in [-0.15, -0.1) is 0 Å². The molecule has 0 spiro atoms. The van der Waals surface area contributed by atoms with Gasteiger partial charge in [0.05, 0.1) is 7.11 Å². The van der Waals surface area contributed by atoms with E-state index in [1.54, 1.807) is 24.3 Å². The molecule has 0 fully saturated rings. The van der Waals surface area contributed by atoms with Crippen molar-refractivity contribution in [2.75, 3.05) is 12.4 Å². The van der Waals surface area contributed by atoms with E-state index < -0.39 is 0 Å². The third kappa shape index (κ3) is 4.89. The van der Waals surface area contributed by atoms with Crippen LogP contribution >= 0.6 is 0 Å². The zero-order valence-electron chi connectivity index (χ0n) is 15.1.